The van der Waals surface area contributed by atoms with E-state index in [0.717, 1.165) is 38.8 Å². The Morgan fingerprint density at radius 1 is 1.46 bits per heavy atom. The lowest BCUT2D eigenvalue weighted by molar-refractivity contribution is 0.133. The molecule has 1 atom stereocenters. The molecule has 1 saturated heterocycles. The topological polar surface area (TPSA) is 80.5 Å². The third-order valence-corrected chi connectivity index (χ3v) is 4.38. The summed E-state index contributed by atoms with van der Waals surface area (Å²) in [5.74, 6) is 1.52. The molecule has 0 saturated carbocycles. The summed E-state index contributed by atoms with van der Waals surface area (Å²) in [6.45, 7) is 6.14. The Morgan fingerprint density at radius 2 is 2.29 bits per heavy atom. The third kappa shape index (κ3) is 5.47. The van der Waals surface area contributed by atoms with Gasteiger partial charge in [0.2, 0.25) is 5.89 Å². The lowest BCUT2D eigenvalue weighted by atomic mass is 9.98. The number of methoxy groups -OCH3 is 1. The summed E-state index contributed by atoms with van der Waals surface area (Å²) in [5.41, 5.74) is 0. The van der Waals surface area contributed by atoms with E-state index in [1.807, 2.05) is 18.7 Å². The maximum atomic E-state index is 12.5. The smallest absolute Gasteiger partial charge is 0.317 e. The Labute approximate surface area is 144 Å². The Hall–Kier alpha value is -1.63. The van der Waals surface area contributed by atoms with Gasteiger partial charge in [0.05, 0.1) is 0 Å². The quantitative estimate of drug-likeness (QED) is 0.737. The standard InChI is InChI=1S/C17H30N4O3/c1-13(2)16-19-15(20-24-16)9-10-18-17(22)21-11-5-4-7-14(21)8-6-12-23-3/h13-14H,4-12H2,1-3H3,(H,18,22)/t14-/m0/s1. The zero-order valence-corrected chi connectivity index (χ0v) is 15.1. The van der Waals surface area contributed by atoms with Crippen molar-refractivity contribution in [2.24, 2.45) is 0 Å². The summed E-state index contributed by atoms with van der Waals surface area (Å²) in [7, 11) is 1.72. The summed E-state index contributed by atoms with van der Waals surface area (Å²) < 4.78 is 10.3. The van der Waals surface area contributed by atoms with Crippen LogP contribution in [0.3, 0.4) is 0 Å². The molecule has 1 aromatic heterocycles. The molecule has 7 heteroatoms. The molecule has 1 N–H and O–H groups in total. The molecule has 136 valence electrons. The molecule has 0 bridgehead atoms. The van der Waals surface area contributed by atoms with Crippen LogP contribution >= 0.6 is 0 Å². The average molecular weight is 338 g/mol. The lowest BCUT2D eigenvalue weighted by Crippen LogP contribution is -2.49. The number of carbonyl (C=O) groups is 1. The predicted molar refractivity (Wildman–Crippen MR) is 90.9 cm³/mol. The zero-order chi connectivity index (χ0) is 17.4. The molecule has 0 radical (unpaired) electrons. The normalized spacial score (nSPS) is 18.2. The molecule has 2 amide bonds. The average Bonchev–Trinajstić information content (AvgIpc) is 3.05. The van der Waals surface area contributed by atoms with E-state index in [-0.39, 0.29) is 11.9 Å². The highest BCUT2D eigenvalue weighted by Gasteiger charge is 2.26. The molecule has 2 heterocycles. The van der Waals surface area contributed by atoms with Crippen molar-refractivity contribution in [3.05, 3.63) is 11.7 Å². The van der Waals surface area contributed by atoms with Crippen LogP contribution in [0.4, 0.5) is 4.79 Å². The van der Waals surface area contributed by atoms with Crippen LogP contribution < -0.4 is 5.32 Å². The number of piperidine rings is 1. The van der Waals surface area contributed by atoms with E-state index in [2.05, 4.69) is 15.5 Å². The van der Waals surface area contributed by atoms with Gasteiger partial charge >= 0.3 is 6.03 Å². The van der Waals surface area contributed by atoms with Gasteiger partial charge in [-0.3, -0.25) is 0 Å². The second-order valence-corrected chi connectivity index (χ2v) is 6.66. The van der Waals surface area contributed by atoms with Gasteiger partial charge in [0.1, 0.15) is 0 Å². The predicted octanol–water partition coefficient (Wildman–Crippen LogP) is 2.73. The van der Waals surface area contributed by atoms with Crippen LogP contribution in [0.5, 0.6) is 0 Å². The minimum Gasteiger partial charge on any atom is -0.385 e. The molecular formula is C17H30N4O3. The summed E-state index contributed by atoms with van der Waals surface area (Å²) in [6, 6.07) is 0.344. The molecule has 7 nitrogen and oxygen atoms in total. The first-order valence-electron chi connectivity index (χ1n) is 8.97. The van der Waals surface area contributed by atoms with Crippen molar-refractivity contribution in [1.29, 1.82) is 0 Å². The molecule has 1 aliphatic heterocycles. The Morgan fingerprint density at radius 3 is 3.00 bits per heavy atom. The maximum Gasteiger partial charge on any atom is 0.317 e. The van der Waals surface area contributed by atoms with Gasteiger partial charge in [-0.05, 0) is 32.1 Å². The lowest BCUT2D eigenvalue weighted by Gasteiger charge is -2.35. The number of likely N-dealkylation sites (tertiary alicyclic amines) is 1. The van der Waals surface area contributed by atoms with E-state index in [4.69, 9.17) is 9.26 Å². The Kier molecular flexibility index (Phi) is 7.49. The van der Waals surface area contributed by atoms with E-state index < -0.39 is 0 Å². The highest BCUT2D eigenvalue weighted by atomic mass is 16.5. The van der Waals surface area contributed by atoms with Gasteiger partial charge < -0.3 is 19.5 Å². The number of carbonyl (C=O) groups excluding carboxylic acids is 1. The largest absolute Gasteiger partial charge is 0.385 e. The number of ether oxygens (including phenoxy) is 1. The van der Waals surface area contributed by atoms with Crippen LogP contribution in [0.15, 0.2) is 4.52 Å². The number of hydrogen-bond donors (Lipinski definition) is 1. The van der Waals surface area contributed by atoms with E-state index in [9.17, 15) is 4.79 Å². The van der Waals surface area contributed by atoms with Crippen molar-refractivity contribution in [3.8, 4) is 0 Å². The molecule has 0 spiro atoms. The number of aromatic nitrogens is 2. The monoisotopic (exact) mass is 338 g/mol. The van der Waals surface area contributed by atoms with E-state index >= 15 is 0 Å². The minimum atomic E-state index is 0.0182. The van der Waals surface area contributed by atoms with Gasteiger partial charge in [-0.2, -0.15) is 4.98 Å². The molecule has 1 aliphatic rings. The van der Waals surface area contributed by atoms with Crippen LogP contribution in [0, 0.1) is 0 Å². The van der Waals surface area contributed by atoms with E-state index in [1.165, 1.54) is 6.42 Å². The van der Waals surface area contributed by atoms with E-state index in [1.54, 1.807) is 7.11 Å². The first-order chi connectivity index (χ1) is 11.6. The molecule has 0 aromatic carbocycles. The van der Waals surface area contributed by atoms with Crippen molar-refractivity contribution < 1.29 is 14.1 Å². The van der Waals surface area contributed by atoms with Crippen molar-refractivity contribution in [1.82, 2.24) is 20.4 Å². The Bertz CT molecular complexity index is 504. The second kappa shape index (κ2) is 9.61. The van der Waals surface area contributed by atoms with E-state index in [0.29, 0.717) is 30.7 Å². The SMILES string of the molecule is COCCC[C@@H]1CCCCN1C(=O)NCCc1noc(C(C)C)n1. The molecular weight excluding hydrogens is 308 g/mol. The number of nitrogens with zero attached hydrogens (tertiary/aromatic N) is 3. The second-order valence-electron chi connectivity index (χ2n) is 6.66. The first kappa shape index (κ1) is 18.7. The minimum absolute atomic E-state index is 0.0182. The van der Waals surface area contributed by atoms with Gasteiger partial charge in [-0.1, -0.05) is 19.0 Å². The fourth-order valence-corrected chi connectivity index (χ4v) is 3.02. The summed E-state index contributed by atoms with van der Waals surface area (Å²) in [4.78, 5) is 18.8. The molecule has 1 fully saturated rings. The highest BCUT2D eigenvalue weighted by Crippen LogP contribution is 2.21. The number of amides is 2. The molecule has 1 aromatic rings. The number of rotatable bonds is 8. The number of hydrogen-bond acceptors (Lipinski definition) is 5. The number of urea groups is 1. The fraction of sp³-hybridized carbons (Fsp3) is 0.824. The van der Waals surface area contributed by atoms with Crippen LogP contribution in [-0.2, 0) is 11.2 Å². The van der Waals surface area contributed by atoms with Crippen LogP contribution in [0.25, 0.3) is 0 Å². The van der Waals surface area contributed by atoms with Gasteiger partial charge in [0, 0.05) is 45.2 Å². The first-order valence-corrected chi connectivity index (χ1v) is 8.97. The maximum absolute atomic E-state index is 12.5. The van der Waals surface area contributed by atoms with Gasteiger partial charge in [0.15, 0.2) is 5.82 Å². The number of nitrogens with one attached hydrogen (secondary N) is 1. The van der Waals surface area contributed by atoms with Crippen LogP contribution in [0.1, 0.15) is 63.6 Å². The fourth-order valence-electron chi connectivity index (χ4n) is 3.02. The molecule has 24 heavy (non-hydrogen) atoms. The highest BCUT2D eigenvalue weighted by molar-refractivity contribution is 5.74. The summed E-state index contributed by atoms with van der Waals surface area (Å²) >= 11 is 0. The van der Waals surface area contributed by atoms with Crippen molar-refractivity contribution >= 4 is 6.03 Å². The summed E-state index contributed by atoms with van der Waals surface area (Å²) in [6.07, 6.45) is 5.94. The molecule has 0 aliphatic carbocycles. The van der Waals surface area contributed by atoms with Gasteiger partial charge in [-0.25, -0.2) is 4.79 Å². The third-order valence-electron chi connectivity index (χ3n) is 4.38. The van der Waals surface area contributed by atoms with Gasteiger partial charge in [0.25, 0.3) is 0 Å². The van der Waals surface area contributed by atoms with Crippen molar-refractivity contribution in [2.75, 3.05) is 26.8 Å². The molecule has 2 rings (SSSR count). The van der Waals surface area contributed by atoms with Crippen molar-refractivity contribution in [2.45, 2.75) is 64.3 Å². The van der Waals surface area contributed by atoms with Crippen molar-refractivity contribution in [3.63, 3.8) is 0 Å². The van der Waals surface area contributed by atoms with Crippen LogP contribution in [0.2, 0.25) is 0 Å². The molecule has 0 unspecified atom stereocenters. The summed E-state index contributed by atoms with van der Waals surface area (Å²) in [5, 5.41) is 6.94. The Balaban J connectivity index is 1.76. The van der Waals surface area contributed by atoms with Crippen LogP contribution in [-0.4, -0.2) is 53.9 Å². The van der Waals surface area contributed by atoms with Gasteiger partial charge in [-0.15, -0.1) is 0 Å². The zero-order valence-electron chi connectivity index (χ0n) is 15.1.